The van der Waals surface area contributed by atoms with Crippen molar-refractivity contribution in [3.63, 3.8) is 0 Å². The molecule has 2 aliphatic heterocycles. The van der Waals surface area contributed by atoms with Crippen molar-refractivity contribution in [3.8, 4) is 0 Å². The van der Waals surface area contributed by atoms with Crippen molar-refractivity contribution < 1.29 is 14.7 Å². The van der Waals surface area contributed by atoms with Crippen LogP contribution in [-0.4, -0.2) is 87.1 Å². The third kappa shape index (κ3) is 5.63. The molecule has 2 N–H and O–H groups in total. The predicted octanol–water partition coefficient (Wildman–Crippen LogP) is 0.848. The van der Waals surface area contributed by atoms with E-state index in [1.165, 1.54) is 17.7 Å². The summed E-state index contributed by atoms with van der Waals surface area (Å²) in [5, 5.41) is 21.3. The number of rotatable bonds is 6. The lowest BCUT2D eigenvalue weighted by atomic mass is 9.85. The summed E-state index contributed by atoms with van der Waals surface area (Å²) in [6.45, 7) is 11.6. The van der Waals surface area contributed by atoms with Gasteiger partial charge < -0.3 is 20.2 Å². The second kappa shape index (κ2) is 9.65. The maximum absolute atomic E-state index is 13.6. The fourth-order valence-corrected chi connectivity index (χ4v) is 4.62. The second-order valence-corrected chi connectivity index (χ2v) is 10.2. The summed E-state index contributed by atoms with van der Waals surface area (Å²) in [6.07, 6.45) is 4.68. The van der Waals surface area contributed by atoms with Gasteiger partial charge in [0, 0.05) is 39.2 Å². The highest BCUT2D eigenvalue weighted by Gasteiger charge is 2.45. The number of amides is 2. The quantitative estimate of drug-likeness (QED) is 0.688. The van der Waals surface area contributed by atoms with E-state index in [0.29, 0.717) is 0 Å². The number of likely N-dealkylation sites (N-methyl/N-ethyl adjacent to an activating group) is 1. The SMILES string of the molecule is CNC(=O)C1CC(O)CN1C(=O)[C@@H](n1cc(CCN2CCC(C)CC2)nn1)C(C)(C)C. The zero-order valence-electron chi connectivity index (χ0n) is 19.5. The van der Waals surface area contributed by atoms with Gasteiger partial charge in [-0.2, -0.15) is 0 Å². The largest absolute Gasteiger partial charge is 0.391 e. The Morgan fingerprint density at radius 3 is 2.58 bits per heavy atom. The summed E-state index contributed by atoms with van der Waals surface area (Å²) in [7, 11) is 1.55. The fourth-order valence-electron chi connectivity index (χ4n) is 4.62. The van der Waals surface area contributed by atoms with E-state index >= 15 is 0 Å². The minimum absolute atomic E-state index is 0.151. The first-order chi connectivity index (χ1) is 14.6. The summed E-state index contributed by atoms with van der Waals surface area (Å²) < 4.78 is 1.64. The Bertz CT molecular complexity index is 766. The normalized spacial score (nSPS) is 24.4. The average molecular weight is 435 g/mol. The number of carbonyl (C=O) groups is 2. The number of aliphatic hydroxyl groups is 1. The van der Waals surface area contributed by atoms with Crippen LogP contribution in [0.4, 0.5) is 0 Å². The average Bonchev–Trinajstić information content (AvgIpc) is 3.32. The van der Waals surface area contributed by atoms with E-state index in [9.17, 15) is 14.7 Å². The van der Waals surface area contributed by atoms with Gasteiger partial charge in [-0.15, -0.1) is 5.10 Å². The van der Waals surface area contributed by atoms with Gasteiger partial charge in [0.15, 0.2) is 0 Å². The first kappa shape index (κ1) is 23.7. The monoisotopic (exact) mass is 434 g/mol. The number of piperidine rings is 1. The Morgan fingerprint density at radius 2 is 1.97 bits per heavy atom. The van der Waals surface area contributed by atoms with Crippen molar-refractivity contribution in [2.75, 3.05) is 33.2 Å². The van der Waals surface area contributed by atoms with Gasteiger partial charge in [-0.1, -0.05) is 32.9 Å². The van der Waals surface area contributed by atoms with E-state index in [4.69, 9.17) is 0 Å². The van der Waals surface area contributed by atoms with Crippen molar-refractivity contribution in [2.24, 2.45) is 11.3 Å². The number of β-amino-alcohol motifs (C(OH)–C–C–N with tert-alkyl or cyclic N) is 1. The number of nitrogens with one attached hydrogen (secondary N) is 1. The van der Waals surface area contributed by atoms with Gasteiger partial charge in [0.05, 0.1) is 11.8 Å². The second-order valence-electron chi connectivity index (χ2n) is 10.2. The minimum atomic E-state index is -0.703. The summed E-state index contributed by atoms with van der Waals surface area (Å²) in [4.78, 5) is 29.8. The van der Waals surface area contributed by atoms with Crippen LogP contribution in [-0.2, 0) is 16.0 Å². The van der Waals surface area contributed by atoms with Crippen molar-refractivity contribution in [1.29, 1.82) is 0 Å². The number of aliphatic hydroxyl groups excluding tert-OH is 1. The Balaban J connectivity index is 1.73. The standard InChI is InChI=1S/C22H38N6O3/c1-15-6-9-26(10-7-15)11-8-16-13-28(25-24-16)19(22(2,3)4)21(31)27-14-17(29)12-18(27)20(30)23-5/h13,15,17-19,29H,6-12,14H2,1-5H3,(H,23,30)/t17?,18?,19-/m1/s1. The smallest absolute Gasteiger partial charge is 0.248 e. The molecule has 0 aliphatic carbocycles. The summed E-state index contributed by atoms with van der Waals surface area (Å²) in [5.74, 6) is 0.338. The van der Waals surface area contributed by atoms with Gasteiger partial charge in [-0.25, -0.2) is 4.68 Å². The maximum atomic E-state index is 13.6. The van der Waals surface area contributed by atoms with Crippen LogP contribution in [0.3, 0.4) is 0 Å². The van der Waals surface area contributed by atoms with Crippen molar-refractivity contribution in [3.05, 3.63) is 11.9 Å². The molecule has 0 saturated carbocycles. The highest BCUT2D eigenvalue weighted by Crippen LogP contribution is 2.34. The van der Waals surface area contributed by atoms with E-state index in [-0.39, 0.29) is 24.8 Å². The molecule has 2 saturated heterocycles. The van der Waals surface area contributed by atoms with Crippen LogP contribution in [0.15, 0.2) is 6.20 Å². The van der Waals surface area contributed by atoms with E-state index in [0.717, 1.165) is 37.7 Å². The van der Waals surface area contributed by atoms with Gasteiger partial charge >= 0.3 is 0 Å². The van der Waals surface area contributed by atoms with E-state index in [2.05, 4.69) is 27.5 Å². The number of carbonyl (C=O) groups excluding carboxylic acids is 2. The Hall–Kier alpha value is -2.00. The van der Waals surface area contributed by atoms with Crippen LogP contribution < -0.4 is 5.32 Å². The molecule has 0 radical (unpaired) electrons. The molecule has 3 rings (SSSR count). The number of nitrogens with zero attached hydrogens (tertiary/aromatic N) is 5. The molecule has 2 aliphatic rings. The molecule has 2 fully saturated rings. The van der Waals surface area contributed by atoms with E-state index in [1.807, 2.05) is 27.0 Å². The third-order valence-corrected chi connectivity index (χ3v) is 6.55. The highest BCUT2D eigenvalue weighted by molar-refractivity contribution is 5.90. The lowest BCUT2D eigenvalue weighted by Gasteiger charge is -2.34. The van der Waals surface area contributed by atoms with E-state index < -0.39 is 23.6 Å². The number of hydrogen-bond acceptors (Lipinski definition) is 6. The van der Waals surface area contributed by atoms with Crippen molar-refractivity contribution >= 4 is 11.8 Å². The Labute approximate surface area is 185 Å². The van der Waals surface area contributed by atoms with E-state index in [1.54, 1.807) is 11.7 Å². The molecule has 1 aromatic heterocycles. The summed E-state index contributed by atoms with van der Waals surface area (Å²) in [6, 6.07) is -1.27. The molecule has 9 heteroatoms. The van der Waals surface area contributed by atoms with Gasteiger partial charge in [-0.3, -0.25) is 9.59 Å². The van der Waals surface area contributed by atoms with Crippen LogP contribution in [0.2, 0.25) is 0 Å². The first-order valence-electron chi connectivity index (χ1n) is 11.4. The summed E-state index contributed by atoms with van der Waals surface area (Å²) in [5.41, 5.74) is 0.427. The van der Waals surface area contributed by atoms with Gasteiger partial charge in [-0.05, 0) is 37.3 Å². The van der Waals surface area contributed by atoms with Crippen LogP contribution in [0.5, 0.6) is 0 Å². The number of likely N-dealkylation sites (tertiary alicyclic amines) is 2. The molecule has 2 unspecified atom stereocenters. The van der Waals surface area contributed by atoms with Crippen LogP contribution in [0.25, 0.3) is 0 Å². The minimum Gasteiger partial charge on any atom is -0.391 e. The number of hydrogen-bond donors (Lipinski definition) is 2. The summed E-state index contributed by atoms with van der Waals surface area (Å²) >= 11 is 0. The molecular formula is C22H38N6O3. The van der Waals surface area contributed by atoms with Crippen LogP contribution in [0, 0.1) is 11.3 Å². The van der Waals surface area contributed by atoms with Gasteiger partial charge in [0.2, 0.25) is 11.8 Å². The van der Waals surface area contributed by atoms with Crippen LogP contribution >= 0.6 is 0 Å². The molecule has 0 spiro atoms. The Morgan fingerprint density at radius 1 is 1.29 bits per heavy atom. The predicted molar refractivity (Wildman–Crippen MR) is 117 cm³/mol. The molecule has 0 bridgehead atoms. The molecule has 9 nitrogen and oxygen atoms in total. The number of aromatic nitrogens is 3. The zero-order valence-corrected chi connectivity index (χ0v) is 19.5. The molecule has 174 valence electrons. The molecule has 1 aromatic rings. The topological polar surface area (TPSA) is 104 Å². The molecular weight excluding hydrogens is 396 g/mol. The fraction of sp³-hybridized carbons (Fsp3) is 0.818. The zero-order chi connectivity index (χ0) is 22.8. The molecule has 31 heavy (non-hydrogen) atoms. The third-order valence-electron chi connectivity index (χ3n) is 6.55. The van der Waals surface area contributed by atoms with Gasteiger partial charge in [0.1, 0.15) is 12.1 Å². The molecule has 2 amide bonds. The van der Waals surface area contributed by atoms with Crippen molar-refractivity contribution in [1.82, 2.24) is 30.1 Å². The molecule has 3 heterocycles. The molecule has 3 atom stereocenters. The maximum Gasteiger partial charge on any atom is 0.248 e. The lowest BCUT2D eigenvalue weighted by molar-refractivity contribution is -0.144. The van der Waals surface area contributed by atoms with Crippen molar-refractivity contribution in [2.45, 2.75) is 71.6 Å². The first-order valence-corrected chi connectivity index (χ1v) is 11.4. The highest BCUT2D eigenvalue weighted by atomic mass is 16.3. The Kier molecular flexibility index (Phi) is 7.36. The molecule has 0 aromatic carbocycles. The van der Waals surface area contributed by atoms with Gasteiger partial charge in [0.25, 0.3) is 0 Å². The van der Waals surface area contributed by atoms with Crippen LogP contribution in [0.1, 0.15) is 58.7 Å². The lowest BCUT2D eigenvalue weighted by Crippen LogP contribution is -2.49.